The fourth-order valence-electron chi connectivity index (χ4n) is 6.00. The minimum absolute atomic E-state index is 1.08. The highest BCUT2D eigenvalue weighted by atomic mass is 15.2. The average Bonchev–Trinajstić information content (AvgIpc) is 3.59. The quantitative estimate of drug-likeness (QED) is 0.438. The van der Waals surface area contributed by atoms with E-state index in [1.807, 2.05) is 0 Å². The molecule has 2 aromatic rings. The minimum atomic E-state index is 1.08. The zero-order valence-corrected chi connectivity index (χ0v) is 21.1. The van der Waals surface area contributed by atoms with E-state index in [4.69, 9.17) is 0 Å². The highest BCUT2D eigenvalue weighted by Gasteiger charge is 2.16. The third kappa shape index (κ3) is 6.62. The summed E-state index contributed by atoms with van der Waals surface area (Å²) in [7, 11) is 0. The molecule has 3 aliphatic heterocycles. The lowest BCUT2D eigenvalue weighted by molar-refractivity contribution is 0.227. The predicted octanol–water partition coefficient (Wildman–Crippen LogP) is 5.89. The summed E-state index contributed by atoms with van der Waals surface area (Å²) in [6.07, 6.45) is 10.8. The number of hydrogen-bond acceptors (Lipinski definition) is 4. The monoisotopic (exact) mass is 460 g/mol. The SMILES string of the molecule is c1cc(N(CCCN2CCCCC2)c2ccc(CN3CCCC3)cc2)ccc1CN1CCCC1. The molecule has 0 bridgehead atoms. The van der Waals surface area contributed by atoms with Crippen LogP contribution in [-0.2, 0) is 13.1 Å². The second-order valence-corrected chi connectivity index (χ2v) is 10.7. The van der Waals surface area contributed by atoms with E-state index in [1.54, 1.807) is 0 Å². The molecule has 3 saturated heterocycles. The lowest BCUT2D eigenvalue weighted by atomic mass is 10.1. The van der Waals surface area contributed by atoms with Gasteiger partial charge in [-0.1, -0.05) is 30.7 Å². The summed E-state index contributed by atoms with van der Waals surface area (Å²) >= 11 is 0. The molecule has 34 heavy (non-hydrogen) atoms. The van der Waals surface area contributed by atoms with Gasteiger partial charge in [-0.05, 0) is 126 Å². The molecule has 184 valence electrons. The molecule has 4 nitrogen and oxygen atoms in total. The summed E-state index contributed by atoms with van der Waals surface area (Å²) in [6, 6.07) is 18.8. The van der Waals surface area contributed by atoms with E-state index in [0.717, 1.165) is 19.6 Å². The van der Waals surface area contributed by atoms with Crippen molar-refractivity contribution in [1.29, 1.82) is 0 Å². The molecule has 0 aromatic heterocycles. The van der Waals surface area contributed by atoms with Crippen molar-refractivity contribution in [1.82, 2.24) is 14.7 Å². The van der Waals surface area contributed by atoms with Gasteiger partial charge in [-0.15, -0.1) is 0 Å². The van der Waals surface area contributed by atoms with Crippen LogP contribution in [0.15, 0.2) is 48.5 Å². The van der Waals surface area contributed by atoms with Crippen LogP contribution in [-0.4, -0.2) is 67.1 Å². The Morgan fingerprint density at radius 2 is 0.912 bits per heavy atom. The molecule has 0 unspecified atom stereocenters. The van der Waals surface area contributed by atoms with Gasteiger partial charge in [0, 0.05) is 31.0 Å². The molecule has 4 heteroatoms. The van der Waals surface area contributed by atoms with Crippen molar-refractivity contribution in [2.45, 2.75) is 64.5 Å². The third-order valence-corrected chi connectivity index (χ3v) is 8.01. The molecule has 0 saturated carbocycles. The number of rotatable bonds is 10. The van der Waals surface area contributed by atoms with Crippen LogP contribution < -0.4 is 4.90 Å². The summed E-state index contributed by atoms with van der Waals surface area (Å²) < 4.78 is 0. The topological polar surface area (TPSA) is 13.0 Å². The first-order valence-electron chi connectivity index (χ1n) is 14.0. The minimum Gasteiger partial charge on any atom is -0.341 e. The summed E-state index contributed by atoms with van der Waals surface area (Å²) in [5.74, 6) is 0. The van der Waals surface area contributed by atoms with Crippen molar-refractivity contribution in [3.05, 3.63) is 59.7 Å². The van der Waals surface area contributed by atoms with Crippen LogP contribution in [0.25, 0.3) is 0 Å². The Morgan fingerprint density at radius 1 is 0.500 bits per heavy atom. The Hall–Kier alpha value is -1.88. The first kappa shape index (κ1) is 23.8. The van der Waals surface area contributed by atoms with Crippen molar-refractivity contribution in [3.8, 4) is 0 Å². The molecule has 0 N–H and O–H groups in total. The maximum atomic E-state index is 2.67. The van der Waals surface area contributed by atoms with Gasteiger partial charge in [0.15, 0.2) is 0 Å². The predicted molar refractivity (Wildman–Crippen MR) is 144 cm³/mol. The Bertz CT molecular complexity index is 783. The van der Waals surface area contributed by atoms with Gasteiger partial charge in [-0.25, -0.2) is 0 Å². The Labute approximate surface area is 207 Å². The van der Waals surface area contributed by atoms with Crippen molar-refractivity contribution < 1.29 is 0 Å². The van der Waals surface area contributed by atoms with E-state index in [0.29, 0.717) is 0 Å². The molecule has 3 aliphatic rings. The van der Waals surface area contributed by atoms with Crippen molar-refractivity contribution in [3.63, 3.8) is 0 Å². The number of benzene rings is 2. The lowest BCUT2D eigenvalue weighted by Gasteiger charge is -2.29. The molecule has 0 radical (unpaired) electrons. The van der Waals surface area contributed by atoms with Crippen molar-refractivity contribution in [2.75, 3.05) is 57.3 Å². The van der Waals surface area contributed by atoms with Gasteiger partial charge in [0.1, 0.15) is 0 Å². The van der Waals surface area contributed by atoms with Gasteiger partial charge in [-0.2, -0.15) is 0 Å². The third-order valence-electron chi connectivity index (χ3n) is 8.01. The molecule has 0 amide bonds. The highest BCUT2D eigenvalue weighted by Crippen LogP contribution is 2.28. The second-order valence-electron chi connectivity index (χ2n) is 10.7. The van der Waals surface area contributed by atoms with Crippen LogP contribution in [0.5, 0.6) is 0 Å². The molecule has 0 atom stereocenters. The van der Waals surface area contributed by atoms with Gasteiger partial charge in [0.05, 0.1) is 0 Å². The van der Waals surface area contributed by atoms with Crippen molar-refractivity contribution in [2.24, 2.45) is 0 Å². The van der Waals surface area contributed by atoms with Gasteiger partial charge in [-0.3, -0.25) is 9.80 Å². The average molecular weight is 461 g/mol. The van der Waals surface area contributed by atoms with Gasteiger partial charge in [0.25, 0.3) is 0 Å². The van der Waals surface area contributed by atoms with E-state index in [9.17, 15) is 0 Å². The zero-order chi connectivity index (χ0) is 23.0. The Morgan fingerprint density at radius 3 is 1.38 bits per heavy atom. The standard InChI is InChI=1S/C30H44N4/c1-2-17-31(18-3-1)23-8-24-34(29-13-9-27(10-14-29)25-32-19-4-5-20-32)30-15-11-28(12-16-30)26-33-21-6-7-22-33/h9-16H,1-8,17-26H2. The number of nitrogens with zero attached hydrogens (tertiary/aromatic N) is 4. The largest absolute Gasteiger partial charge is 0.341 e. The maximum absolute atomic E-state index is 2.67. The van der Waals surface area contributed by atoms with Crippen molar-refractivity contribution >= 4 is 11.4 Å². The Kier molecular flexibility index (Phi) is 8.55. The number of likely N-dealkylation sites (tertiary alicyclic amines) is 3. The normalized spacial score (nSPS) is 20.2. The molecular weight excluding hydrogens is 416 g/mol. The van der Waals surface area contributed by atoms with E-state index in [2.05, 4.69) is 68.1 Å². The first-order chi connectivity index (χ1) is 16.8. The van der Waals surface area contributed by atoms with Crippen LogP contribution in [0.4, 0.5) is 11.4 Å². The first-order valence-corrected chi connectivity index (χ1v) is 14.0. The van der Waals surface area contributed by atoms with E-state index < -0.39 is 0 Å². The van der Waals surface area contributed by atoms with Gasteiger partial charge in [0.2, 0.25) is 0 Å². The van der Waals surface area contributed by atoms with Crippen LogP contribution in [0, 0.1) is 0 Å². The number of piperidine rings is 1. The van der Waals surface area contributed by atoms with E-state index in [1.165, 1.54) is 120 Å². The zero-order valence-electron chi connectivity index (χ0n) is 21.1. The van der Waals surface area contributed by atoms with Gasteiger partial charge >= 0.3 is 0 Å². The molecule has 3 fully saturated rings. The lowest BCUT2D eigenvalue weighted by Crippen LogP contribution is -2.32. The van der Waals surface area contributed by atoms with Crippen LogP contribution >= 0.6 is 0 Å². The fourth-order valence-corrected chi connectivity index (χ4v) is 6.00. The summed E-state index contributed by atoms with van der Waals surface area (Å²) in [5, 5.41) is 0. The highest BCUT2D eigenvalue weighted by molar-refractivity contribution is 5.63. The van der Waals surface area contributed by atoms with E-state index >= 15 is 0 Å². The molecule has 0 aliphatic carbocycles. The van der Waals surface area contributed by atoms with Crippen LogP contribution in [0.1, 0.15) is 62.5 Å². The van der Waals surface area contributed by atoms with E-state index in [-0.39, 0.29) is 0 Å². The van der Waals surface area contributed by atoms with Crippen LogP contribution in [0.2, 0.25) is 0 Å². The smallest absolute Gasteiger partial charge is 0.0410 e. The summed E-state index contributed by atoms with van der Waals surface area (Å²) in [5.41, 5.74) is 5.55. The summed E-state index contributed by atoms with van der Waals surface area (Å²) in [6.45, 7) is 12.1. The molecule has 5 rings (SSSR count). The maximum Gasteiger partial charge on any atom is 0.0410 e. The number of anilines is 2. The van der Waals surface area contributed by atoms with Gasteiger partial charge < -0.3 is 9.80 Å². The van der Waals surface area contributed by atoms with Crippen LogP contribution in [0.3, 0.4) is 0 Å². The number of hydrogen-bond donors (Lipinski definition) is 0. The summed E-state index contributed by atoms with van der Waals surface area (Å²) in [4.78, 5) is 10.4. The molecular formula is C30H44N4. The molecule has 2 aromatic carbocycles. The molecule has 0 spiro atoms. The molecule has 3 heterocycles. The second kappa shape index (κ2) is 12.2. The fraction of sp³-hybridized carbons (Fsp3) is 0.600. The Balaban J connectivity index is 1.26.